The van der Waals surface area contributed by atoms with Gasteiger partial charge >= 0.3 is 10.3 Å². The molecule has 0 bridgehead atoms. The molecule has 5 nitrogen and oxygen atoms in total. The van der Waals surface area contributed by atoms with Crippen molar-refractivity contribution < 1.29 is 21.7 Å². The summed E-state index contributed by atoms with van der Waals surface area (Å²) in [6.45, 7) is 3.74. The highest BCUT2D eigenvalue weighted by Crippen LogP contribution is 2.41. The minimum atomic E-state index is -3.89. The molecule has 0 radical (unpaired) electrons. The third-order valence-electron chi connectivity index (χ3n) is 3.30. The number of nitrogens with one attached hydrogen (secondary N) is 1. The van der Waals surface area contributed by atoms with Crippen LogP contribution in [0.5, 0.6) is 11.5 Å². The zero-order valence-electron chi connectivity index (χ0n) is 12.7. The average Bonchev–Trinajstić information content (AvgIpc) is 2.46. The van der Waals surface area contributed by atoms with Gasteiger partial charge in [0.05, 0.1) is 6.10 Å². The molecule has 0 amide bonds. The molecule has 0 unspecified atom stereocenters. The molecule has 122 valence electrons. The lowest BCUT2D eigenvalue weighted by Crippen LogP contribution is -2.32. The van der Waals surface area contributed by atoms with Crippen LogP contribution in [0.3, 0.4) is 0 Å². The van der Waals surface area contributed by atoms with Crippen molar-refractivity contribution in [3.63, 3.8) is 0 Å². The van der Waals surface area contributed by atoms with Gasteiger partial charge in [0, 0.05) is 23.2 Å². The van der Waals surface area contributed by atoms with Gasteiger partial charge in [0.15, 0.2) is 5.75 Å². The van der Waals surface area contributed by atoms with E-state index < -0.39 is 16.1 Å². The van der Waals surface area contributed by atoms with Crippen molar-refractivity contribution >= 4 is 10.3 Å². The fourth-order valence-corrected chi connectivity index (χ4v) is 3.24. The highest BCUT2D eigenvalue weighted by Gasteiger charge is 2.27. The maximum absolute atomic E-state index is 14.0. The topological polar surface area (TPSA) is 64.6 Å². The van der Waals surface area contributed by atoms with E-state index in [-0.39, 0.29) is 18.4 Å². The number of rotatable bonds is 3. The Morgan fingerprint density at radius 1 is 1.22 bits per heavy atom. The first kappa shape index (κ1) is 15.8. The van der Waals surface area contributed by atoms with E-state index in [0.29, 0.717) is 22.4 Å². The Bertz CT molecular complexity index is 849. The summed E-state index contributed by atoms with van der Waals surface area (Å²) in [4.78, 5) is 0. The van der Waals surface area contributed by atoms with Crippen LogP contribution >= 0.6 is 0 Å². The molecule has 3 rings (SSSR count). The van der Waals surface area contributed by atoms with Crippen LogP contribution in [-0.2, 0) is 16.8 Å². The second-order valence-corrected chi connectivity index (χ2v) is 6.83. The van der Waals surface area contributed by atoms with E-state index >= 15 is 0 Å². The van der Waals surface area contributed by atoms with E-state index in [9.17, 15) is 12.8 Å². The number of benzene rings is 2. The van der Waals surface area contributed by atoms with E-state index in [0.717, 1.165) is 0 Å². The van der Waals surface area contributed by atoms with Gasteiger partial charge in [-0.2, -0.15) is 13.1 Å². The first-order chi connectivity index (χ1) is 10.9. The standard InChI is InChI=1S/C16H16FNO4S/c1-10(2)21-15-6-4-3-5-13(15)14-8-12(17)7-11-9-18-23(19,20)22-16(11)14/h3-8,10,18H,9H2,1-2H3. The smallest absolute Gasteiger partial charge is 0.382 e. The number of halogens is 1. The van der Waals surface area contributed by atoms with Crippen molar-refractivity contribution in [3.05, 3.63) is 47.8 Å². The number of para-hydroxylation sites is 1. The monoisotopic (exact) mass is 337 g/mol. The summed E-state index contributed by atoms with van der Waals surface area (Å²) < 4.78 is 50.3. The second-order valence-electron chi connectivity index (χ2n) is 5.46. The fourth-order valence-electron chi connectivity index (χ4n) is 2.43. The van der Waals surface area contributed by atoms with Gasteiger partial charge in [-0.25, -0.2) is 4.39 Å². The summed E-state index contributed by atoms with van der Waals surface area (Å²) in [5.74, 6) is 0.197. The Morgan fingerprint density at radius 2 is 1.96 bits per heavy atom. The Hall–Kier alpha value is -2.12. The number of fused-ring (bicyclic) bond motifs is 1. The molecule has 1 aliphatic rings. The molecule has 0 fully saturated rings. The van der Waals surface area contributed by atoms with Crippen LogP contribution in [-0.4, -0.2) is 14.5 Å². The van der Waals surface area contributed by atoms with Gasteiger partial charge in [-0.05, 0) is 32.0 Å². The van der Waals surface area contributed by atoms with E-state index in [2.05, 4.69) is 4.72 Å². The molecule has 0 saturated carbocycles. The maximum Gasteiger partial charge on any atom is 0.382 e. The van der Waals surface area contributed by atoms with Gasteiger partial charge in [0.2, 0.25) is 0 Å². The summed E-state index contributed by atoms with van der Waals surface area (Å²) in [7, 11) is -3.89. The molecule has 23 heavy (non-hydrogen) atoms. The van der Waals surface area contributed by atoms with Gasteiger partial charge in [-0.3, -0.25) is 0 Å². The van der Waals surface area contributed by atoms with Crippen LogP contribution in [0.25, 0.3) is 11.1 Å². The maximum atomic E-state index is 14.0. The molecule has 0 aromatic heterocycles. The quantitative estimate of drug-likeness (QED) is 0.935. The van der Waals surface area contributed by atoms with E-state index in [1.807, 2.05) is 13.8 Å². The third kappa shape index (κ3) is 3.30. The summed E-state index contributed by atoms with van der Waals surface area (Å²) >= 11 is 0. The van der Waals surface area contributed by atoms with Crippen LogP contribution in [0.4, 0.5) is 4.39 Å². The molecule has 1 heterocycles. The summed E-state index contributed by atoms with van der Waals surface area (Å²) in [6, 6.07) is 9.57. The van der Waals surface area contributed by atoms with Crippen LogP contribution in [0.2, 0.25) is 0 Å². The molecule has 0 spiro atoms. The predicted octanol–water partition coefficient (Wildman–Crippen LogP) is 3.01. The zero-order chi connectivity index (χ0) is 16.6. The zero-order valence-corrected chi connectivity index (χ0v) is 13.5. The lowest BCUT2D eigenvalue weighted by Gasteiger charge is -2.22. The van der Waals surface area contributed by atoms with E-state index in [1.54, 1.807) is 24.3 Å². The molecule has 1 aliphatic heterocycles. The second kappa shape index (κ2) is 5.82. The van der Waals surface area contributed by atoms with Gasteiger partial charge in [0.25, 0.3) is 0 Å². The molecule has 1 N–H and O–H groups in total. The lowest BCUT2D eigenvalue weighted by atomic mass is 10.00. The summed E-state index contributed by atoms with van der Waals surface area (Å²) in [6.07, 6.45) is -0.0770. The van der Waals surface area contributed by atoms with Gasteiger partial charge in [0.1, 0.15) is 11.6 Å². The van der Waals surface area contributed by atoms with Gasteiger partial charge in [-0.1, -0.05) is 18.2 Å². The predicted molar refractivity (Wildman–Crippen MR) is 84.0 cm³/mol. The van der Waals surface area contributed by atoms with Crippen LogP contribution in [0, 0.1) is 5.82 Å². The Balaban J connectivity index is 2.20. The highest BCUT2D eigenvalue weighted by atomic mass is 32.2. The molecule has 2 aromatic carbocycles. The largest absolute Gasteiger partial charge is 0.490 e. The van der Waals surface area contributed by atoms with Gasteiger partial charge < -0.3 is 8.92 Å². The van der Waals surface area contributed by atoms with E-state index in [4.69, 9.17) is 8.92 Å². The number of hydrogen-bond acceptors (Lipinski definition) is 4. The van der Waals surface area contributed by atoms with Crippen LogP contribution in [0.15, 0.2) is 36.4 Å². The number of ether oxygens (including phenoxy) is 1. The summed E-state index contributed by atoms with van der Waals surface area (Å²) in [5.41, 5.74) is 1.37. The van der Waals surface area contributed by atoms with Crippen molar-refractivity contribution in [1.29, 1.82) is 0 Å². The van der Waals surface area contributed by atoms with Crippen molar-refractivity contribution in [2.75, 3.05) is 0 Å². The van der Waals surface area contributed by atoms with Crippen molar-refractivity contribution in [2.45, 2.75) is 26.5 Å². The molecule has 2 aromatic rings. The molecule has 0 aliphatic carbocycles. The van der Waals surface area contributed by atoms with E-state index in [1.165, 1.54) is 12.1 Å². The number of hydrogen-bond donors (Lipinski definition) is 1. The Morgan fingerprint density at radius 3 is 2.70 bits per heavy atom. The minimum absolute atomic E-state index is 0.0182. The first-order valence-electron chi connectivity index (χ1n) is 7.13. The molecule has 0 saturated heterocycles. The minimum Gasteiger partial charge on any atom is -0.490 e. The molecular formula is C16H16FNO4S. The van der Waals surface area contributed by atoms with Crippen molar-refractivity contribution in [2.24, 2.45) is 0 Å². The summed E-state index contributed by atoms with van der Waals surface area (Å²) in [5, 5.41) is 0. The average molecular weight is 337 g/mol. The SMILES string of the molecule is CC(C)Oc1ccccc1-c1cc(F)cc2c1OS(=O)(=O)NC2. The van der Waals surface area contributed by atoms with Crippen LogP contribution < -0.4 is 13.6 Å². The Labute approximate surface area is 134 Å². The lowest BCUT2D eigenvalue weighted by molar-refractivity contribution is 0.243. The van der Waals surface area contributed by atoms with Crippen LogP contribution in [0.1, 0.15) is 19.4 Å². The highest BCUT2D eigenvalue weighted by molar-refractivity contribution is 7.85. The fraction of sp³-hybridized carbons (Fsp3) is 0.250. The first-order valence-corrected chi connectivity index (χ1v) is 8.54. The van der Waals surface area contributed by atoms with Gasteiger partial charge in [-0.15, -0.1) is 0 Å². The normalized spacial score (nSPS) is 15.8. The van der Waals surface area contributed by atoms with Crippen molar-refractivity contribution in [3.8, 4) is 22.6 Å². The molecule has 7 heteroatoms. The Kier molecular flexibility index (Phi) is 3.99. The third-order valence-corrected chi connectivity index (χ3v) is 4.19. The molecular weight excluding hydrogens is 321 g/mol. The van der Waals surface area contributed by atoms with Crippen molar-refractivity contribution in [1.82, 2.24) is 4.72 Å². The molecule has 0 atom stereocenters.